The zero-order valence-corrected chi connectivity index (χ0v) is 10.4. The highest BCUT2D eigenvalue weighted by Gasteiger charge is 2.27. The van der Waals surface area contributed by atoms with Crippen molar-refractivity contribution in [1.29, 1.82) is 0 Å². The SMILES string of the molecule is O=C(c1cccc2c1CCCN2)N1CCC(O)C1. The lowest BCUT2D eigenvalue weighted by Gasteiger charge is -2.23. The van der Waals surface area contributed by atoms with E-state index in [0.29, 0.717) is 19.5 Å². The predicted molar refractivity (Wildman–Crippen MR) is 69.8 cm³/mol. The van der Waals surface area contributed by atoms with Gasteiger partial charge in [0.15, 0.2) is 0 Å². The van der Waals surface area contributed by atoms with Crippen LogP contribution < -0.4 is 5.32 Å². The van der Waals surface area contributed by atoms with E-state index in [9.17, 15) is 9.90 Å². The third kappa shape index (κ3) is 1.97. The van der Waals surface area contributed by atoms with Gasteiger partial charge in [0.1, 0.15) is 0 Å². The number of nitrogens with zero attached hydrogens (tertiary/aromatic N) is 1. The van der Waals surface area contributed by atoms with Gasteiger partial charge in [-0.25, -0.2) is 0 Å². The summed E-state index contributed by atoms with van der Waals surface area (Å²) in [6.07, 6.45) is 2.37. The number of carbonyl (C=O) groups excluding carboxylic acids is 1. The third-order valence-corrected chi connectivity index (χ3v) is 3.78. The van der Waals surface area contributed by atoms with Gasteiger partial charge in [-0.3, -0.25) is 4.79 Å². The molecule has 0 saturated carbocycles. The summed E-state index contributed by atoms with van der Waals surface area (Å²) in [4.78, 5) is 14.2. The van der Waals surface area contributed by atoms with Crippen LogP contribution in [0.5, 0.6) is 0 Å². The number of benzene rings is 1. The average Bonchev–Trinajstić information content (AvgIpc) is 2.84. The number of hydrogen-bond donors (Lipinski definition) is 2. The second-order valence-corrected chi connectivity index (χ2v) is 5.06. The molecule has 0 aromatic heterocycles. The van der Waals surface area contributed by atoms with Gasteiger partial charge in [-0.05, 0) is 37.0 Å². The smallest absolute Gasteiger partial charge is 0.254 e. The third-order valence-electron chi connectivity index (χ3n) is 3.78. The number of hydrogen-bond acceptors (Lipinski definition) is 3. The summed E-state index contributed by atoms with van der Waals surface area (Å²) in [7, 11) is 0. The van der Waals surface area contributed by atoms with Crippen molar-refractivity contribution < 1.29 is 9.90 Å². The van der Waals surface area contributed by atoms with Gasteiger partial charge in [0.05, 0.1) is 6.10 Å². The minimum Gasteiger partial charge on any atom is -0.391 e. The van der Waals surface area contributed by atoms with Gasteiger partial charge in [0, 0.05) is 30.9 Å². The van der Waals surface area contributed by atoms with Crippen LogP contribution in [0, 0.1) is 0 Å². The van der Waals surface area contributed by atoms with Crippen molar-refractivity contribution in [2.45, 2.75) is 25.4 Å². The largest absolute Gasteiger partial charge is 0.391 e. The van der Waals surface area contributed by atoms with Crippen LogP contribution >= 0.6 is 0 Å². The standard InChI is InChI=1S/C14H18N2O2/c17-10-6-8-16(9-10)14(18)12-3-1-5-13-11(12)4-2-7-15-13/h1,3,5,10,15,17H,2,4,6-9H2. The highest BCUT2D eigenvalue weighted by molar-refractivity contribution is 5.97. The number of likely N-dealkylation sites (tertiary alicyclic amines) is 1. The molecule has 3 rings (SSSR count). The molecule has 4 nitrogen and oxygen atoms in total. The second-order valence-electron chi connectivity index (χ2n) is 5.06. The Bertz CT molecular complexity index is 473. The van der Waals surface area contributed by atoms with E-state index < -0.39 is 0 Å². The molecule has 0 spiro atoms. The molecule has 1 atom stereocenters. The van der Waals surface area contributed by atoms with Gasteiger partial charge < -0.3 is 15.3 Å². The molecule has 2 aliphatic heterocycles. The fourth-order valence-electron chi connectivity index (χ4n) is 2.81. The quantitative estimate of drug-likeness (QED) is 0.784. The van der Waals surface area contributed by atoms with Gasteiger partial charge in [0.2, 0.25) is 0 Å². The van der Waals surface area contributed by atoms with Crippen molar-refractivity contribution in [1.82, 2.24) is 4.90 Å². The summed E-state index contributed by atoms with van der Waals surface area (Å²) < 4.78 is 0. The van der Waals surface area contributed by atoms with Crippen molar-refractivity contribution in [3.8, 4) is 0 Å². The van der Waals surface area contributed by atoms with Gasteiger partial charge in [0.25, 0.3) is 5.91 Å². The molecular weight excluding hydrogens is 228 g/mol. The molecule has 1 saturated heterocycles. The highest BCUT2D eigenvalue weighted by Crippen LogP contribution is 2.27. The lowest BCUT2D eigenvalue weighted by molar-refractivity contribution is 0.0764. The minimum absolute atomic E-state index is 0.0621. The van der Waals surface area contributed by atoms with Crippen molar-refractivity contribution in [3.63, 3.8) is 0 Å². The van der Waals surface area contributed by atoms with E-state index in [4.69, 9.17) is 0 Å². The molecule has 1 unspecified atom stereocenters. The Kier molecular flexibility index (Phi) is 2.96. The Morgan fingerprint density at radius 2 is 2.33 bits per heavy atom. The Morgan fingerprint density at radius 1 is 1.44 bits per heavy atom. The first-order valence-electron chi connectivity index (χ1n) is 6.59. The van der Waals surface area contributed by atoms with Crippen molar-refractivity contribution in [2.75, 3.05) is 25.0 Å². The zero-order chi connectivity index (χ0) is 12.5. The first-order chi connectivity index (χ1) is 8.75. The van der Waals surface area contributed by atoms with Crippen LogP contribution in [0.2, 0.25) is 0 Å². The number of nitrogens with one attached hydrogen (secondary N) is 1. The summed E-state index contributed by atoms with van der Waals surface area (Å²) in [6.45, 7) is 2.11. The molecule has 1 fully saturated rings. The van der Waals surface area contributed by atoms with Gasteiger partial charge in [-0.15, -0.1) is 0 Å². The molecule has 1 amide bonds. The number of amides is 1. The number of aliphatic hydroxyl groups is 1. The molecule has 0 bridgehead atoms. The summed E-state index contributed by atoms with van der Waals surface area (Å²) >= 11 is 0. The highest BCUT2D eigenvalue weighted by atomic mass is 16.3. The lowest BCUT2D eigenvalue weighted by atomic mass is 9.97. The summed E-state index contributed by atoms with van der Waals surface area (Å²) in [5.41, 5.74) is 3.02. The monoisotopic (exact) mass is 246 g/mol. The normalized spacial score (nSPS) is 22.5. The van der Waals surface area contributed by atoms with Gasteiger partial charge in [-0.1, -0.05) is 6.07 Å². The van der Waals surface area contributed by atoms with Crippen LogP contribution in [-0.2, 0) is 6.42 Å². The van der Waals surface area contributed by atoms with E-state index in [-0.39, 0.29) is 12.0 Å². The number of anilines is 1. The van der Waals surface area contributed by atoms with Crippen LogP contribution in [0.3, 0.4) is 0 Å². The Balaban J connectivity index is 1.90. The maximum Gasteiger partial charge on any atom is 0.254 e. The van der Waals surface area contributed by atoms with Crippen molar-refractivity contribution in [3.05, 3.63) is 29.3 Å². The topological polar surface area (TPSA) is 52.6 Å². The molecule has 2 heterocycles. The van der Waals surface area contributed by atoms with Crippen LogP contribution in [0.25, 0.3) is 0 Å². The van der Waals surface area contributed by atoms with Crippen LogP contribution in [-0.4, -0.2) is 41.7 Å². The molecule has 0 aliphatic carbocycles. The van der Waals surface area contributed by atoms with E-state index in [1.54, 1.807) is 4.90 Å². The fraction of sp³-hybridized carbons (Fsp3) is 0.500. The Morgan fingerprint density at radius 3 is 3.11 bits per heavy atom. The molecule has 18 heavy (non-hydrogen) atoms. The molecular formula is C14H18N2O2. The lowest BCUT2D eigenvalue weighted by Crippen LogP contribution is -2.31. The van der Waals surface area contributed by atoms with Gasteiger partial charge >= 0.3 is 0 Å². The molecule has 96 valence electrons. The van der Waals surface area contributed by atoms with Crippen molar-refractivity contribution in [2.24, 2.45) is 0 Å². The van der Waals surface area contributed by atoms with Crippen molar-refractivity contribution >= 4 is 11.6 Å². The van der Waals surface area contributed by atoms with E-state index >= 15 is 0 Å². The van der Waals surface area contributed by atoms with E-state index in [0.717, 1.165) is 36.2 Å². The van der Waals surface area contributed by atoms with E-state index in [1.165, 1.54) is 0 Å². The van der Waals surface area contributed by atoms with E-state index in [1.807, 2.05) is 18.2 Å². The maximum absolute atomic E-state index is 12.5. The van der Waals surface area contributed by atoms with Gasteiger partial charge in [-0.2, -0.15) is 0 Å². The summed E-state index contributed by atoms with van der Waals surface area (Å²) in [5, 5.41) is 12.9. The molecule has 2 N–H and O–H groups in total. The molecule has 1 aromatic carbocycles. The Hall–Kier alpha value is -1.55. The first kappa shape index (κ1) is 11.5. The summed E-state index contributed by atoms with van der Waals surface area (Å²) in [5.74, 6) is 0.0621. The number of β-amino-alcohol motifs (C(OH)–C–C–N with tert-alkyl or cyclic N) is 1. The van der Waals surface area contributed by atoms with Crippen LogP contribution in [0.15, 0.2) is 18.2 Å². The predicted octanol–water partition coefficient (Wildman–Crippen LogP) is 1.25. The summed E-state index contributed by atoms with van der Waals surface area (Å²) in [6, 6.07) is 5.86. The number of fused-ring (bicyclic) bond motifs is 1. The van der Waals surface area contributed by atoms with Crippen LogP contribution in [0.4, 0.5) is 5.69 Å². The van der Waals surface area contributed by atoms with E-state index in [2.05, 4.69) is 5.32 Å². The molecule has 0 radical (unpaired) electrons. The second kappa shape index (κ2) is 4.61. The minimum atomic E-state index is -0.355. The van der Waals surface area contributed by atoms with Crippen LogP contribution in [0.1, 0.15) is 28.8 Å². The molecule has 4 heteroatoms. The number of aliphatic hydroxyl groups excluding tert-OH is 1. The average molecular weight is 246 g/mol. The fourth-order valence-corrected chi connectivity index (χ4v) is 2.81. The first-order valence-corrected chi connectivity index (χ1v) is 6.59. The maximum atomic E-state index is 12.5. The Labute approximate surface area is 107 Å². The zero-order valence-electron chi connectivity index (χ0n) is 10.4. The number of rotatable bonds is 1. The number of carbonyl (C=O) groups is 1. The molecule has 2 aliphatic rings. The molecule has 1 aromatic rings.